The highest BCUT2D eigenvalue weighted by molar-refractivity contribution is 6.15. The lowest BCUT2D eigenvalue weighted by Gasteiger charge is -2.51. The summed E-state index contributed by atoms with van der Waals surface area (Å²) in [5.41, 5.74) is 0. The van der Waals surface area contributed by atoms with Crippen LogP contribution < -0.4 is 0 Å². The molecule has 4 unspecified atom stereocenters. The van der Waals surface area contributed by atoms with E-state index in [0.29, 0.717) is 29.2 Å². The van der Waals surface area contributed by atoms with Crippen LogP contribution in [0, 0.1) is 17.8 Å². The van der Waals surface area contributed by atoms with Crippen LogP contribution in [-0.4, -0.2) is 30.7 Å². The maximum absolute atomic E-state index is 12.4. The Morgan fingerprint density at radius 2 is 1.85 bits per heavy atom. The van der Waals surface area contributed by atoms with E-state index in [1.165, 1.54) is 19.3 Å². The van der Waals surface area contributed by atoms with Gasteiger partial charge in [0.1, 0.15) is 7.85 Å². The molecule has 20 heavy (non-hydrogen) atoms. The molecule has 0 aromatic heterocycles. The highest BCUT2D eigenvalue weighted by Crippen LogP contribution is 2.54. The van der Waals surface area contributed by atoms with Crippen molar-refractivity contribution in [2.75, 3.05) is 0 Å². The minimum absolute atomic E-state index is 0.349. The quantitative estimate of drug-likeness (QED) is 0.709. The molecular formula is C17H32BNO. The van der Waals surface area contributed by atoms with Gasteiger partial charge in [-0.15, -0.1) is 0 Å². The molecule has 0 aromatic rings. The van der Waals surface area contributed by atoms with E-state index in [0.717, 1.165) is 24.7 Å². The molecule has 1 aliphatic carbocycles. The van der Waals surface area contributed by atoms with Crippen molar-refractivity contribution in [3.05, 3.63) is 0 Å². The van der Waals surface area contributed by atoms with E-state index < -0.39 is 0 Å². The lowest BCUT2D eigenvalue weighted by Crippen LogP contribution is -2.54. The Morgan fingerprint density at radius 3 is 2.40 bits per heavy atom. The lowest BCUT2D eigenvalue weighted by atomic mass is 9.50. The normalized spacial score (nSPS) is 39.0. The van der Waals surface area contributed by atoms with E-state index in [2.05, 4.69) is 47.4 Å². The molecular weight excluding hydrogens is 245 g/mol. The zero-order valence-electron chi connectivity index (χ0n) is 14.3. The van der Waals surface area contributed by atoms with Gasteiger partial charge >= 0.3 is 0 Å². The van der Waals surface area contributed by atoms with E-state index in [1.54, 1.807) is 0 Å². The summed E-state index contributed by atoms with van der Waals surface area (Å²) in [6.07, 6.45) is 5.68. The van der Waals surface area contributed by atoms with Crippen LogP contribution in [0.4, 0.5) is 0 Å². The molecule has 3 heteroatoms. The van der Waals surface area contributed by atoms with Gasteiger partial charge in [-0.3, -0.25) is 4.79 Å². The van der Waals surface area contributed by atoms with Gasteiger partial charge in [0, 0.05) is 18.5 Å². The molecule has 2 aliphatic rings. The summed E-state index contributed by atoms with van der Waals surface area (Å²) in [5.74, 6) is 2.60. The van der Waals surface area contributed by atoms with Crippen LogP contribution >= 0.6 is 0 Å². The number of hydrogen-bond donors (Lipinski definition) is 0. The lowest BCUT2D eigenvalue weighted by molar-refractivity contribution is -0.142. The second-order valence-electron chi connectivity index (χ2n) is 8.21. The van der Waals surface area contributed by atoms with Crippen LogP contribution in [0.3, 0.4) is 0 Å². The van der Waals surface area contributed by atoms with Crippen molar-refractivity contribution in [1.82, 2.24) is 4.90 Å². The van der Waals surface area contributed by atoms with Crippen molar-refractivity contribution in [2.45, 2.75) is 84.1 Å². The first-order valence-corrected chi connectivity index (χ1v) is 8.58. The van der Waals surface area contributed by atoms with E-state index >= 15 is 0 Å². The van der Waals surface area contributed by atoms with E-state index in [-0.39, 0.29) is 0 Å². The Bertz CT molecular complexity index is 364. The second-order valence-corrected chi connectivity index (χ2v) is 8.21. The fraction of sp³-hybridized carbons (Fsp3) is 0.941. The Hall–Kier alpha value is -0.465. The van der Waals surface area contributed by atoms with Crippen molar-refractivity contribution in [3.63, 3.8) is 0 Å². The van der Waals surface area contributed by atoms with Gasteiger partial charge in [-0.2, -0.15) is 0 Å². The van der Waals surface area contributed by atoms with Crippen molar-refractivity contribution < 1.29 is 4.79 Å². The Kier molecular flexibility index (Phi) is 4.56. The monoisotopic (exact) mass is 277 g/mol. The maximum Gasteiger partial charge on any atom is 0.223 e. The third-order valence-electron chi connectivity index (χ3n) is 6.07. The molecule has 2 rings (SSSR count). The van der Waals surface area contributed by atoms with Crippen molar-refractivity contribution in [2.24, 2.45) is 17.8 Å². The Morgan fingerprint density at radius 1 is 1.20 bits per heavy atom. The molecule has 1 aliphatic heterocycles. The summed E-state index contributed by atoms with van der Waals surface area (Å²) < 4.78 is 0. The number of carbonyl (C=O) groups is 1. The van der Waals surface area contributed by atoms with Crippen LogP contribution in [0.1, 0.15) is 66.7 Å². The van der Waals surface area contributed by atoms with Crippen LogP contribution in [0.2, 0.25) is 5.31 Å². The summed E-state index contributed by atoms with van der Waals surface area (Å²) in [6, 6.07) is 0.830. The van der Waals surface area contributed by atoms with Gasteiger partial charge in [0.05, 0.1) is 0 Å². The predicted molar refractivity (Wildman–Crippen MR) is 87.6 cm³/mol. The van der Waals surface area contributed by atoms with Gasteiger partial charge in [0.25, 0.3) is 0 Å². The van der Waals surface area contributed by atoms with E-state index in [4.69, 9.17) is 0 Å². The Balaban J connectivity index is 2.33. The van der Waals surface area contributed by atoms with Crippen LogP contribution in [0.15, 0.2) is 0 Å². The summed E-state index contributed by atoms with van der Waals surface area (Å²) in [4.78, 5) is 14.6. The largest absolute Gasteiger partial charge is 0.337 e. The summed E-state index contributed by atoms with van der Waals surface area (Å²) in [7, 11) is 2.47. The molecule has 0 aromatic carbocycles. The average molecular weight is 277 g/mol. The standard InChI is InChI=1S/C17H32BNO/c1-11(2)13-7-6-8-15-14(17(13,5)18)9-10-16(20)19(15)12(3)4/h11-15H,6-10,18H2,1-5H3. The SMILES string of the molecule is BC1(C)C(C(C)C)CCCC2C1CCC(=O)N2C(C)C. The first-order chi connectivity index (χ1) is 9.26. The predicted octanol–water partition coefficient (Wildman–Crippen LogP) is 3.27. The van der Waals surface area contributed by atoms with Gasteiger partial charge in [0.2, 0.25) is 5.91 Å². The molecule has 2 nitrogen and oxygen atoms in total. The fourth-order valence-electron chi connectivity index (χ4n) is 5.24. The topological polar surface area (TPSA) is 20.3 Å². The molecule has 1 amide bonds. The first kappa shape index (κ1) is 15.9. The van der Waals surface area contributed by atoms with Gasteiger partial charge in [-0.25, -0.2) is 0 Å². The number of hydrogen-bond acceptors (Lipinski definition) is 1. The van der Waals surface area contributed by atoms with Crippen LogP contribution in [0.25, 0.3) is 0 Å². The van der Waals surface area contributed by atoms with Crippen LogP contribution in [-0.2, 0) is 4.79 Å². The van der Waals surface area contributed by atoms with Crippen molar-refractivity contribution >= 4 is 13.8 Å². The van der Waals surface area contributed by atoms with Gasteiger partial charge in [-0.1, -0.05) is 38.9 Å². The molecule has 0 spiro atoms. The highest BCUT2D eigenvalue weighted by atomic mass is 16.2. The number of piperidine rings is 1. The van der Waals surface area contributed by atoms with E-state index in [9.17, 15) is 4.79 Å². The van der Waals surface area contributed by atoms with Crippen molar-refractivity contribution in [1.29, 1.82) is 0 Å². The summed E-state index contributed by atoms with van der Waals surface area (Å²) in [5, 5.41) is 0.350. The minimum Gasteiger partial charge on any atom is -0.337 e. The number of fused-ring (bicyclic) bond motifs is 1. The highest BCUT2D eigenvalue weighted by Gasteiger charge is 2.48. The Labute approximate surface area is 126 Å². The molecule has 0 radical (unpaired) electrons. The van der Waals surface area contributed by atoms with Crippen molar-refractivity contribution in [3.8, 4) is 0 Å². The molecule has 114 valence electrons. The smallest absolute Gasteiger partial charge is 0.223 e. The molecule has 4 atom stereocenters. The number of rotatable bonds is 2. The third kappa shape index (κ3) is 2.65. The minimum atomic E-state index is 0.349. The molecule has 1 saturated heterocycles. The zero-order valence-corrected chi connectivity index (χ0v) is 14.3. The third-order valence-corrected chi connectivity index (χ3v) is 6.07. The number of amides is 1. The molecule has 0 bridgehead atoms. The molecule has 1 saturated carbocycles. The summed E-state index contributed by atoms with van der Waals surface area (Å²) in [6.45, 7) is 11.6. The number of likely N-dealkylation sites (tertiary alicyclic amines) is 1. The summed E-state index contributed by atoms with van der Waals surface area (Å²) >= 11 is 0. The number of carbonyl (C=O) groups excluding carboxylic acids is 1. The number of nitrogens with zero attached hydrogens (tertiary/aromatic N) is 1. The molecule has 0 N–H and O–H groups in total. The second kappa shape index (κ2) is 5.73. The molecule has 2 fully saturated rings. The first-order valence-electron chi connectivity index (χ1n) is 8.58. The fourth-order valence-corrected chi connectivity index (χ4v) is 5.24. The van der Waals surface area contributed by atoms with Gasteiger partial charge in [0.15, 0.2) is 0 Å². The average Bonchev–Trinajstić information content (AvgIpc) is 2.44. The van der Waals surface area contributed by atoms with Gasteiger partial charge < -0.3 is 4.90 Å². The van der Waals surface area contributed by atoms with E-state index in [1.807, 2.05) is 0 Å². The molecule has 1 heterocycles. The maximum atomic E-state index is 12.4. The van der Waals surface area contributed by atoms with Gasteiger partial charge in [-0.05, 0) is 44.4 Å². The van der Waals surface area contributed by atoms with Crippen LogP contribution in [0.5, 0.6) is 0 Å². The zero-order chi connectivity index (χ0) is 15.1.